The number of nitrogens with zero attached hydrogens (tertiary/aromatic N) is 2. The van der Waals surface area contributed by atoms with Crippen LogP contribution in [0.2, 0.25) is 0 Å². The maximum atomic E-state index is 4.83. The van der Waals surface area contributed by atoms with Crippen LogP contribution in [0.25, 0.3) is 0 Å². The molecule has 1 aromatic heterocycles. The maximum Gasteiger partial charge on any atom is 0.136 e. The fourth-order valence-electron chi connectivity index (χ4n) is 3.29. The van der Waals surface area contributed by atoms with E-state index in [9.17, 15) is 0 Å². The molecule has 1 atom stereocenters. The smallest absolute Gasteiger partial charge is 0.136 e. The number of rotatable bonds is 5. The molecule has 4 heteroatoms. The van der Waals surface area contributed by atoms with Gasteiger partial charge in [-0.2, -0.15) is 0 Å². The molecule has 0 bridgehead atoms. The van der Waals surface area contributed by atoms with Crippen LogP contribution in [-0.2, 0) is 0 Å². The Morgan fingerprint density at radius 3 is 2.43 bits per heavy atom. The zero-order valence-corrected chi connectivity index (χ0v) is 13.8. The van der Waals surface area contributed by atoms with Gasteiger partial charge in [0, 0.05) is 24.1 Å². The first-order valence-corrected chi connectivity index (χ1v) is 8.37. The molecule has 2 saturated carbocycles. The molecule has 3 rings (SSSR count). The molecule has 2 aliphatic carbocycles. The topological polar surface area (TPSA) is 49.8 Å². The van der Waals surface area contributed by atoms with Gasteiger partial charge in [0.05, 0.1) is 0 Å². The second-order valence-corrected chi connectivity index (χ2v) is 7.46. The Hall–Kier alpha value is -1.32. The Labute approximate surface area is 128 Å². The SMILES string of the molecule is CCNc1nc(C2CC2)nc(NC2CCC(C)(C)C2)c1C. The summed E-state index contributed by atoms with van der Waals surface area (Å²) < 4.78 is 0. The van der Waals surface area contributed by atoms with Gasteiger partial charge in [0.2, 0.25) is 0 Å². The fraction of sp³-hybridized carbons (Fsp3) is 0.765. The Morgan fingerprint density at radius 1 is 1.14 bits per heavy atom. The van der Waals surface area contributed by atoms with E-state index in [0.29, 0.717) is 17.4 Å². The van der Waals surface area contributed by atoms with Gasteiger partial charge in [-0.3, -0.25) is 0 Å². The lowest BCUT2D eigenvalue weighted by molar-refractivity contribution is 0.378. The highest BCUT2D eigenvalue weighted by Gasteiger charge is 2.32. The summed E-state index contributed by atoms with van der Waals surface area (Å²) in [6.45, 7) is 9.86. The van der Waals surface area contributed by atoms with Crippen molar-refractivity contribution in [2.75, 3.05) is 17.2 Å². The number of hydrogen-bond donors (Lipinski definition) is 2. The van der Waals surface area contributed by atoms with E-state index in [-0.39, 0.29) is 0 Å². The van der Waals surface area contributed by atoms with Crippen molar-refractivity contribution in [1.29, 1.82) is 0 Å². The van der Waals surface area contributed by atoms with E-state index in [4.69, 9.17) is 9.97 Å². The summed E-state index contributed by atoms with van der Waals surface area (Å²) in [7, 11) is 0. The Bertz CT molecular complexity index is 520. The van der Waals surface area contributed by atoms with Crippen LogP contribution < -0.4 is 10.6 Å². The summed E-state index contributed by atoms with van der Waals surface area (Å²) in [5.41, 5.74) is 1.62. The highest BCUT2D eigenvalue weighted by molar-refractivity contribution is 5.58. The quantitative estimate of drug-likeness (QED) is 0.857. The van der Waals surface area contributed by atoms with Crippen molar-refractivity contribution in [3.63, 3.8) is 0 Å². The van der Waals surface area contributed by atoms with E-state index in [1.807, 2.05) is 0 Å². The van der Waals surface area contributed by atoms with E-state index < -0.39 is 0 Å². The second-order valence-electron chi connectivity index (χ2n) is 7.46. The van der Waals surface area contributed by atoms with Crippen LogP contribution in [0, 0.1) is 12.3 Å². The predicted molar refractivity (Wildman–Crippen MR) is 88.0 cm³/mol. The van der Waals surface area contributed by atoms with Crippen molar-refractivity contribution >= 4 is 11.6 Å². The van der Waals surface area contributed by atoms with Crippen molar-refractivity contribution < 1.29 is 0 Å². The van der Waals surface area contributed by atoms with Crippen molar-refractivity contribution in [2.24, 2.45) is 5.41 Å². The molecular formula is C17H28N4. The highest BCUT2D eigenvalue weighted by atomic mass is 15.1. The summed E-state index contributed by atoms with van der Waals surface area (Å²) in [4.78, 5) is 9.55. The molecule has 1 heterocycles. The largest absolute Gasteiger partial charge is 0.370 e. The van der Waals surface area contributed by atoms with Crippen molar-refractivity contribution in [3.8, 4) is 0 Å². The molecule has 2 fully saturated rings. The van der Waals surface area contributed by atoms with Gasteiger partial charge in [0.1, 0.15) is 17.5 Å². The van der Waals surface area contributed by atoms with Gasteiger partial charge >= 0.3 is 0 Å². The van der Waals surface area contributed by atoms with E-state index in [1.165, 1.54) is 32.1 Å². The monoisotopic (exact) mass is 288 g/mol. The normalized spacial score (nSPS) is 24.1. The predicted octanol–water partition coefficient (Wildman–Crippen LogP) is 4.08. The van der Waals surface area contributed by atoms with Crippen molar-refractivity contribution in [2.45, 2.75) is 71.8 Å². The Kier molecular flexibility index (Phi) is 3.80. The fourth-order valence-corrected chi connectivity index (χ4v) is 3.29. The third-order valence-electron chi connectivity index (χ3n) is 4.76. The van der Waals surface area contributed by atoms with E-state index in [2.05, 4.69) is 38.3 Å². The standard InChI is InChI=1S/C17H28N4/c1-5-18-14-11(2)15(21-16(20-14)12-6-7-12)19-13-8-9-17(3,4)10-13/h12-13H,5-10H2,1-4H3,(H2,18,19,20,21). The molecule has 1 unspecified atom stereocenters. The van der Waals surface area contributed by atoms with Gasteiger partial charge in [-0.15, -0.1) is 0 Å². The van der Waals surface area contributed by atoms with E-state index in [1.54, 1.807) is 0 Å². The number of aromatic nitrogens is 2. The average molecular weight is 288 g/mol. The van der Waals surface area contributed by atoms with Gasteiger partial charge in [-0.25, -0.2) is 9.97 Å². The summed E-state index contributed by atoms with van der Waals surface area (Å²) in [6, 6.07) is 0.551. The van der Waals surface area contributed by atoms with Gasteiger partial charge in [0.15, 0.2) is 0 Å². The summed E-state index contributed by atoms with van der Waals surface area (Å²) in [6.07, 6.45) is 6.25. The Morgan fingerprint density at radius 2 is 1.86 bits per heavy atom. The molecule has 0 aromatic carbocycles. The lowest BCUT2D eigenvalue weighted by Gasteiger charge is -2.20. The zero-order chi connectivity index (χ0) is 15.0. The molecule has 21 heavy (non-hydrogen) atoms. The van der Waals surface area contributed by atoms with Gasteiger partial charge in [0.25, 0.3) is 0 Å². The van der Waals surface area contributed by atoms with Gasteiger partial charge in [-0.1, -0.05) is 13.8 Å². The molecule has 0 aliphatic heterocycles. The minimum Gasteiger partial charge on any atom is -0.370 e. The first kappa shape index (κ1) is 14.6. The average Bonchev–Trinajstić information content (AvgIpc) is 3.20. The van der Waals surface area contributed by atoms with Crippen molar-refractivity contribution in [1.82, 2.24) is 9.97 Å². The minimum absolute atomic E-state index is 0.461. The van der Waals surface area contributed by atoms with Crippen LogP contribution in [-0.4, -0.2) is 22.6 Å². The molecule has 0 saturated heterocycles. The van der Waals surface area contributed by atoms with Crippen LogP contribution in [0.3, 0.4) is 0 Å². The van der Waals surface area contributed by atoms with Crippen molar-refractivity contribution in [3.05, 3.63) is 11.4 Å². The third kappa shape index (κ3) is 3.30. The molecule has 0 spiro atoms. The number of anilines is 2. The van der Waals surface area contributed by atoms with Crippen LogP contribution >= 0.6 is 0 Å². The lowest BCUT2D eigenvalue weighted by atomic mass is 9.92. The van der Waals surface area contributed by atoms with E-state index in [0.717, 1.165) is 29.6 Å². The van der Waals surface area contributed by atoms with Crippen LogP contribution in [0.5, 0.6) is 0 Å². The summed E-state index contributed by atoms with van der Waals surface area (Å²) in [5, 5.41) is 7.08. The van der Waals surface area contributed by atoms with Gasteiger partial charge in [-0.05, 0) is 51.4 Å². The molecular weight excluding hydrogens is 260 g/mol. The molecule has 116 valence electrons. The molecule has 0 radical (unpaired) electrons. The summed E-state index contributed by atoms with van der Waals surface area (Å²) >= 11 is 0. The molecule has 1 aromatic rings. The maximum absolute atomic E-state index is 4.83. The van der Waals surface area contributed by atoms with E-state index >= 15 is 0 Å². The first-order valence-electron chi connectivity index (χ1n) is 8.37. The van der Waals surface area contributed by atoms with Crippen LogP contribution in [0.4, 0.5) is 11.6 Å². The third-order valence-corrected chi connectivity index (χ3v) is 4.76. The first-order chi connectivity index (χ1) is 9.98. The molecule has 4 nitrogen and oxygen atoms in total. The molecule has 0 amide bonds. The molecule has 2 aliphatic rings. The Balaban J connectivity index is 1.82. The number of nitrogens with one attached hydrogen (secondary N) is 2. The lowest BCUT2D eigenvalue weighted by Crippen LogP contribution is -2.20. The summed E-state index contributed by atoms with van der Waals surface area (Å²) in [5.74, 6) is 3.67. The minimum atomic E-state index is 0.461. The van der Waals surface area contributed by atoms with Crippen LogP contribution in [0.1, 0.15) is 70.2 Å². The number of hydrogen-bond acceptors (Lipinski definition) is 4. The van der Waals surface area contributed by atoms with Crippen LogP contribution in [0.15, 0.2) is 0 Å². The molecule has 2 N–H and O–H groups in total. The van der Waals surface area contributed by atoms with Gasteiger partial charge < -0.3 is 10.6 Å². The zero-order valence-electron chi connectivity index (χ0n) is 13.8. The highest BCUT2D eigenvalue weighted by Crippen LogP contribution is 2.41. The second kappa shape index (κ2) is 5.47.